The number of benzene rings is 8. The molecule has 0 aliphatic heterocycles. The fraction of sp³-hybridized carbons (Fsp3) is 0.169. The van der Waals surface area contributed by atoms with Gasteiger partial charge in [-0.3, -0.25) is 0 Å². The van der Waals surface area contributed by atoms with Crippen molar-refractivity contribution >= 4 is 32.6 Å². The summed E-state index contributed by atoms with van der Waals surface area (Å²) in [6.45, 7) is 0. The van der Waals surface area contributed by atoms with E-state index in [2.05, 4.69) is 180 Å². The highest BCUT2D eigenvalue weighted by Gasteiger charge is 2.61. The molecule has 63 heavy (non-hydrogen) atoms. The van der Waals surface area contributed by atoms with Crippen molar-refractivity contribution in [3.63, 3.8) is 0 Å². The minimum atomic E-state index is 0.0333. The van der Waals surface area contributed by atoms with E-state index in [1.54, 1.807) is 5.56 Å². The number of nitrogens with zero attached hydrogens (tertiary/aromatic N) is 4. The zero-order valence-corrected chi connectivity index (χ0v) is 35.0. The van der Waals surface area contributed by atoms with Crippen LogP contribution in [0.5, 0.6) is 0 Å². The van der Waals surface area contributed by atoms with E-state index in [9.17, 15) is 0 Å². The summed E-state index contributed by atoms with van der Waals surface area (Å²) in [7, 11) is 0. The molecule has 10 aromatic rings. The van der Waals surface area contributed by atoms with Gasteiger partial charge in [0.05, 0.1) is 11.0 Å². The first-order chi connectivity index (χ1) is 31.2. The Kier molecular flexibility index (Phi) is 7.54. The molecule has 4 nitrogen and oxygen atoms in total. The van der Waals surface area contributed by atoms with Gasteiger partial charge in [0.1, 0.15) is 0 Å². The van der Waals surface area contributed by atoms with Gasteiger partial charge in [0, 0.05) is 38.6 Å². The molecule has 2 heterocycles. The van der Waals surface area contributed by atoms with E-state index in [0.717, 1.165) is 39.9 Å². The molecule has 4 fully saturated rings. The van der Waals surface area contributed by atoms with E-state index in [1.807, 2.05) is 6.07 Å². The number of aromatic nitrogens is 4. The SMILES string of the molecule is c1ccc(-c2nc(-c3ccc(-c4ccc5c(c4)c4ccccc4n5-c4ccccc4)cc3)nc(-c3ccc4c(c3)C3(c5cc6ccccc6cc5-4)C4CC5CC(C4)CC3C5)n2)cc1. The molecule has 0 radical (unpaired) electrons. The molecule has 15 rings (SSSR count). The summed E-state index contributed by atoms with van der Waals surface area (Å²) in [6.07, 6.45) is 6.82. The van der Waals surface area contributed by atoms with Crippen LogP contribution < -0.4 is 0 Å². The first-order valence-electron chi connectivity index (χ1n) is 22.9. The summed E-state index contributed by atoms with van der Waals surface area (Å²) < 4.78 is 2.37. The Labute approximate surface area is 367 Å². The van der Waals surface area contributed by atoms with Crippen molar-refractivity contribution < 1.29 is 0 Å². The summed E-state index contributed by atoms with van der Waals surface area (Å²) in [5.74, 6) is 5.20. The highest BCUT2D eigenvalue weighted by Crippen LogP contribution is 2.69. The summed E-state index contributed by atoms with van der Waals surface area (Å²) in [6, 6.07) is 66.6. The molecule has 0 unspecified atom stereocenters. The van der Waals surface area contributed by atoms with Gasteiger partial charge in [0.15, 0.2) is 17.5 Å². The van der Waals surface area contributed by atoms with Gasteiger partial charge in [-0.15, -0.1) is 0 Å². The van der Waals surface area contributed by atoms with Gasteiger partial charge in [0.2, 0.25) is 0 Å². The maximum atomic E-state index is 5.33. The second-order valence-corrected chi connectivity index (χ2v) is 18.8. The van der Waals surface area contributed by atoms with Crippen LogP contribution in [0.25, 0.3) is 94.7 Å². The molecule has 5 aliphatic carbocycles. The third-order valence-electron chi connectivity index (χ3n) is 15.6. The fourth-order valence-corrected chi connectivity index (χ4v) is 13.2. The molecule has 1 spiro atoms. The summed E-state index contributed by atoms with van der Waals surface area (Å²) in [4.78, 5) is 15.8. The summed E-state index contributed by atoms with van der Waals surface area (Å²) in [5.41, 5.74) is 14.9. The minimum absolute atomic E-state index is 0.0333. The third kappa shape index (κ3) is 5.24. The molecular formula is C59H44N4. The molecule has 5 aliphatic rings. The van der Waals surface area contributed by atoms with Crippen LogP contribution in [0, 0.1) is 23.7 Å². The molecule has 8 aromatic carbocycles. The van der Waals surface area contributed by atoms with Gasteiger partial charge in [-0.2, -0.15) is 0 Å². The Morgan fingerprint density at radius 2 is 0.921 bits per heavy atom. The monoisotopic (exact) mass is 808 g/mol. The van der Waals surface area contributed by atoms with Crippen molar-refractivity contribution in [2.75, 3.05) is 0 Å². The molecule has 0 atom stereocenters. The van der Waals surface area contributed by atoms with E-state index in [0.29, 0.717) is 23.5 Å². The molecule has 4 saturated carbocycles. The van der Waals surface area contributed by atoms with Crippen molar-refractivity contribution in [2.45, 2.75) is 37.5 Å². The highest BCUT2D eigenvalue weighted by atomic mass is 15.0. The second-order valence-electron chi connectivity index (χ2n) is 18.8. The van der Waals surface area contributed by atoms with Gasteiger partial charge in [-0.1, -0.05) is 133 Å². The van der Waals surface area contributed by atoms with Crippen molar-refractivity contribution in [3.8, 4) is 62.1 Å². The predicted octanol–water partition coefficient (Wildman–Crippen LogP) is 14.5. The topological polar surface area (TPSA) is 43.6 Å². The molecular weight excluding hydrogens is 765 g/mol. The lowest BCUT2D eigenvalue weighted by atomic mass is 9.43. The van der Waals surface area contributed by atoms with Crippen molar-refractivity contribution in [1.82, 2.24) is 19.5 Å². The van der Waals surface area contributed by atoms with Gasteiger partial charge >= 0.3 is 0 Å². The van der Waals surface area contributed by atoms with Crippen molar-refractivity contribution in [1.29, 1.82) is 0 Å². The predicted molar refractivity (Wildman–Crippen MR) is 257 cm³/mol. The van der Waals surface area contributed by atoms with Crippen LogP contribution >= 0.6 is 0 Å². The van der Waals surface area contributed by atoms with Crippen LogP contribution in [0.2, 0.25) is 0 Å². The Morgan fingerprint density at radius 1 is 0.381 bits per heavy atom. The maximum Gasteiger partial charge on any atom is 0.164 e. The first-order valence-corrected chi connectivity index (χ1v) is 22.9. The van der Waals surface area contributed by atoms with Crippen molar-refractivity contribution in [2.24, 2.45) is 23.7 Å². The van der Waals surface area contributed by atoms with Gasteiger partial charge in [-0.05, 0) is 148 Å². The zero-order valence-electron chi connectivity index (χ0n) is 35.0. The third-order valence-corrected chi connectivity index (χ3v) is 15.6. The van der Waals surface area contributed by atoms with Gasteiger partial charge in [-0.25, -0.2) is 15.0 Å². The van der Waals surface area contributed by atoms with Crippen LogP contribution in [-0.4, -0.2) is 19.5 Å². The Hall–Kier alpha value is -7.17. The smallest absolute Gasteiger partial charge is 0.164 e. The van der Waals surface area contributed by atoms with Gasteiger partial charge < -0.3 is 4.57 Å². The molecule has 4 heteroatoms. The number of hydrogen-bond donors (Lipinski definition) is 0. The molecule has 0 amide bonds. The van der Waals surface area contributed by atoms with Gasteiger partial charge in [0.25, 0.3) is 0 Å². The Balaban J connectivity index is 0.886. The number of hydrogen-bond acceptors (Lipinski definition) is 3. The van der Waals surface area contributed by atoms with E-state index in [4.69, 9.17) is 15.0 Å². The molecule has 2 aromatic heterocycles. The molecule has 0 N–H and O–H groups in total. The number of rotatable bonds is 5. The van der Waals surface area contributed by atoms with E-state index in [-0.39, 0.29) is 5.41 Å². The maximum absolute atomic E-state index is 5.33. The number of fused-ring (bicyclic) bond motifs is 7. The normalized spacial score (nSPS) is 21.7. The average Bonchev–Trinajstić information content (AvgIpc) is 3.82. The molecule has 0 saturated heterocycles. The highest BCUT2D eigenvalue weighted by molar-refractivity contribution is 6.10. The van der Waals surface area contributed by atoms with Crippen LogP contribution in [0.3, 0.4) is 0 Å². The van der Waals surface area contributed by atoms with E-state index >= 15 is 0 Å². The standard InChI is InChI=1S/C59H44N4/c1-3-11-39(12-4-1)56-60-57(40-21-19-38(20-22-40)43-24-26-55-51(33-43)49-17-9-10-18-54(49)63(55)47-15-5-2-6-16-47)62-58(61-56)44-23-25-48-50-32-41-13-7-8-14-42(41)34-53(50)59(52(48)35-44)45-28-36-27-37(30-45)31-46(59)29-36/h1-26,32-37,45-46H,27-31H2. The lowest BCUT2D eigenvalue weighted by Crippen LogP contribution is -2.55. The lowest BCUT2D eigenvalue weighted by Gasteiger charge is -2.61. The van der Waals surface area contributed by atoms with Crippen molar-refractivity contribution in [3.05, 3.63) is 193 Å². The number of para-hydroxylation sites is 2. The first kappa shape index (κ1) is 35.4. The van der Waals surface area contributed by atoms with E-state index in [1.165, 1.54) is 92.6 Å². The van der Waals surface area contributed by atoms with Crippen LogP contribution in [0.4, 0.5) is 0 Å². The lowest BCUT2D eigenvalue weighted by molar-refractivity contribution is -0.0398. The van der Waals surface area contributed by atoms with Crippen LogP contribution in [0.1, 0.15) is 43.2 Å². The van der Waals surface area contributed by atoms with E-state index < -0.39 is 0 Å². The zero-order chi connectivity index (χ0) is 41.2. The minimum Gasteiger partial charge on any atom is -0.309 e. The summed E-state index contributed by atoms with van der Waals surface area (Å²) >= 11 is 0. The molecule has 300 valence electrons. The van der Waals surface area contributed by atoms with Crippen LogP contribution in [-0.2, 0) is 5.41 Å². The summed E-state index contributed by atoms with van der Waals surface area (Å²) in [5, 5.41) is 5.17. The van der Waals surface area contributed by atoms with Crippen LogP contribution in [0.15, 0.2) is 182 Å². The largest absolute Gasteiger partial charge is 0.309 e. The fourth-order valence-electron chi connectivity index (χ4n) is 13.2. The average molecular weight is 809 g/mol. The quantitative estimate of drug-likeness (QED) is 0.174. The Bertz CT molecular complexity index is 3430. The second kappa shape index (κ2) is 13.4. The Morgan fingerprint density at radius 3 is 1.65 bits per heavy atom. The molecule has 4 bridgehead atoms.